The minimum absolute atomic E-state index is 0.0364. The molecule has 0 amide bonds. The summed E-state index contributed by atoms with van der Waals surface area (Å²) in [6.45, 7) is 0. The fourth-order valence-corrected chi connectivity index (χ4v) is 2.65. The van der Waals surface area contributed by atoms with Crippen LogP contribution >= 0.6 is 23.4 Å². The first-order valence-electron chi connectivity index (χ1n) is 5.13. The highest BCUT2D eigenvalue weighted by atomic mass is 35.5. The first-order valence-corrected chi connectivity index (χ1v) is 6.32. The molecule has 19 heavy (non-hydrogen) atoms. The van der Waals surface area contributed by atoms with Crippen molar-refractivity contribution >= 4 is 29.3 Å². The zero-order chi connectivity index (χ0) is 14.0. The van der Waals surface area contributed by atoms with Gasteiger partial charge in [0.15, 0.2) is 0 Å². The standard InChI is InChI=1S/C13H7ClF2O2S/c14-10-6-8(2-3-9(10)13(17)18)19-12-5-7(15)1-4-11(12)16/h1-6H,(H,17,18). The van der Waals surface area contributed by atoms with Crippen molar-refractivity contribution in [3.8, 4) is 0 Å². The van der Waals surface area contributed by atoms with Gasteiger partial charge in [0, 0.05) is 4.90 Å². The molecule has 2 aromatic rings. The molecule has 0 aliphatic heterocycles. The summed E-state index contributed by atoms with van der Waals surface area (Å²) in [5, 5.41) is 8.88. The topological polar surface area (TPSA) is 37.3 Å². The zero-order valence-electron chi connectivity index (χ0n) is 9.36. The van der Waals surface area contributed by atoms with Gasteiger partial charge >= 0.3 is 5.97 Å². The summed E-state index contributed by atoms with van der Waals surface area (Å²) in [6, 6.07) is 7.35. The highest BCUT2D eigenvalue weighted by molar-refractivity contribution is 7.99. The van der Waals surface area contributed by atoms with Crippen LogP contribution in [0.5, 0.6) is 0 Å². The number of carbonyl (C=O) groups is 1. The lowest BCUT2D eigenvalue weighted by Gasteiger charge is -2.05. The lowest BCUT2D eigenvalue weighted by molar-refractivity contribution is 0.0697. The zero-order valence-corrected chi connectivity index (χ0v) is 10.9. The summed E-state index contributed by atoms with van der Waals surface area (Å²) in [7, 11) is 0. The Hall–Kier alpha value is -1.59. The number of carboxylic acids is 1. The van der Waals surface area contributed by atoms with Crippen molar-refractivity contribution < 1.29 is 18.7 Å². The molecule has 2 nitrogen and oxygen atoms in total. The van der Waals surface area contributed by atoms with Gasteiger partial charge in [0.05, 0.1) is 15.5 Å². The van der Waals surface area contributed by atoms with E-state index in [-0.39, 0.29) is 15.5 Å². The molecule has 0 atom stereocenters. The molecule has 0 heterocycles. The maximum absolute atomic E-state index is 13.4. The monoisotopic (exact) mass is 300 g/mol. The first-order chi connectivity index (χ1) is 8.97. The second-order valence-electron chi connectivity index (χ2n) is 3.62. The largest absolute Gasteiger partial charge is 0.478 e. The predicted molar refractivity (Wildman–Crippen MR) is 68.9 cm³/mol. The molecular weight excluding hydrogens is 294 g/mol. The third-order valence-electron chi connectivity index (χ3n) is 2.29. The van der Waals surface area contributed by atoms with Gasteiger partial charge in [-0.2, -0.15) is 0 Å². The fraction of sp³-hybridized carbons (Fsp3) is 0. The molecule has 0 unspecified atom stereocenters. The molecule has 0 spiro atoms. The average Bonchev–Trinajstić information content (AvgIpc) is 2.33. The summed E-state index contributed by atoms with van der Waals surface area (Å²) in [5.41, 5.74) is -0.0364. The molecule has 0 aliphatic rings. The normalized spacial score (nSPS) is 10.5. The molecule has 6 heteroatoms. The van der Waals surface area contributed by atoms with E-state index in [2.05, 4.69) is 0 Å². The van der Waals surface area contributed by atoms with Gasteiger partial charge in [0.25, 0.3) is 0 Å². The van der Waals surface area contributed by atoms with Gasteiger partial charge in [0.1, 0.15) is 11.6 Å². The van der Waals surface area contributed by atoms with E-state index in [1.807, 2.05) is 0 Å². The van der Waals surface area contributed by atoms with Crippen LogP contribution in [0.25, 0.3) is 0 Å². The lowest BCUT2D eigenvalue weighted by Crippen LogP contribution is -1.96. The highest BCUT2D eigenvalue weighted by Crippen LogP contribution is 2.32. The summed E-state index contributed by atoms with van der Waals surface area (Å²) >= 11 is 6.77. The molecule has 2 rings (SSSR count). The highest BCUT2D eigenvalue weighted by Gasteiger charge is 2.11. The van der Waals surface area contributed by atoms with E-state index in [0.717, 1.165) is 30.0 Å². The van der Waals surface area contributed by atoms with Gasteiger partial charge in [-0.05, 0) is 36.4 Å². The van der Waals surface area contributed by atoms with Crippen LogP contribution in [0.3, 0.4) is 0 Å². The van der Waals surface area contributed by atoms with Crippen molar-refractivity contribution in [3.63, 3.8) is 0 Å². The third kappa shape index (κ3) is 3.24. The van der Waals surface area contributed by atoms with Crippen LogP contribution in [0.15, 0.2) is 46.2 Å². The van der Waals surface area contributed by atoms with Crippen molar-refractivity contribution in [2.75, 3.05) is 0 Å². The number of benzene rings is 2. The van der Waals surface area contributed by atoms with E-state index in [1.165, 1.54) is 18.2 Å². The van der Waals surface area contributed by atoms with Crippen LogP contribution in [0, 0.1) is 11.6 Å². The van der Waals surface area contributed by atoms with Gasteiger partial charge in [-0.3, -0.25) is 0 Å². The van der Waals surface area contributed by atoms with Crippen molar-refractivity contribution in [2.24, 2.45) is 0 Å². The van der Waals surface area contributed by atoms with Crippen LogP contribution in [0.1, 0.15) is 10.4 Å². The Balaban J connectivity index is 2.31. The Morgan fingerprint density at radius 1 is 1.16 bits per heavy atom. The SMILES string of the molecule is O=C(O)c1ccc(Sc2cc(F)ccc2F)cc1Cl. The Bertz CT molecular complexity index is 647. The van der Waals surface area contributed by atoms with Crippen LogP contribution in [-0.2, 0) is 0 Å². The molecule has 2 aromatic carbocycles. The number of hydrogen-bond acceptors (Lipinski definition) is 2. The lowest BCUT2D eigenvalue weighted by atomic mass is 10.2. The first kappa shape index (κ1) is 13.8. The molecule has 0 fully saturated rings. The number of aromatic carboxylic acids is 1. The number of carboxylic acid groups (broad SMARTS) is 1. The van der Waals surface area contributed by atoms with Crippen LogP contribution in [-0.4, -0.2) is 11.1 Å². The summed E-state index contributed by atoms with van der Waals surface area (Å²) < 4.78 is 26.5. The molecule has 0 aliphatic carbocycles. The molecule has 0 radical (unpaired) electrons. The second-order valence-corrected chi connectivity index (χ2v) is 5.15. The van der Waals surface area contributed by atoms with Crippen molar-refractivity contribution in [1.29, 1.82) is 0 Å². The van der Waals surface area contributed by atoms with Gasteiger partial charge < -0.3 is 5.11 Å². The van der Waals surface area contributed by atoms with Crippen molar-refractivity contribution in [3.05, 3.63) is 58.6 Å². The molecule has 0 bridgehead atoms. The molecule has 0 aromatic heterocycles. The van der Waals surface area contributed by atoms with E-state index < -0.39 is 17.6 Å². The van der Waals surface area contributed by atoms with Gasteiger partial charge in [-0.1, -0.05) is 23.4 Å². The number of hydrogen-bond donors (Lipinski definition) is 1. The Labute approximate surface area is 117 Å². The maximum atomic E-state index is 13.4. The molecule has 98 valence electrons. The van der Waals surface area contributed by atoms with Crippen LogP contribution in [0.4, 0.5) is 8.78 Å². The van der Waals surface area contributed by atoms with Crippen molar-refractivity contribution in [1.82, 2.24) is 0 Å². The van der Waals surface area contributed by atoms with Crippen molar-refractivity contribution in [2.45, 2.75) is 9.79 Å². The minimum atomic E-state index is -1.14. The quantitative estimate of drug-likeness (QED) is 0.909. The van der Waals surface area contributed by atoms with Gasteiger partial charge in [0.2, 0.25) is 0 Å². The fourth-order valence-electron chi connectivity index (χ4n) is 1.42. The van der Waals surface area contributed by atoms with Gasteiger partial charge in [-0.25, -0.2) is 13.6 Å². The Morgan fingerprint density at radius 3 is 2.53 bits per heavy atom. The molecular formula is C13H7ClF2O2S. The molecule has 1 N–H and O–H groups in total. The summed E-state index contributed by atoms with van der Waals surface area (Å²) in [5.74, 6) is -2.24. The van der Waals surface area contributed by atoms with E-state index >= 15 is 0 Å². The second kappa shape index (κ2) is 5.59. The Kier molecular flexibility index (Phi) is 4.07. The van der Waals surface area contributed by atoms with E-state index in [0.29, 0.717) is 4.90 Å². The van der Waals surface area contributed by atoms with Gasteiger partial charge in [-0.15, -0.1) is 0 Å². The Morgan fingerprint density at radius 2 is 1.89 bits per heavy atom. The minimum Gasteiger partial charge on any atom is -0.478 e. The van der Waals surface area contributed by atoms with E-state index in [1.54, 1.807) is 0 Å². The van der Waals surface area contributed by atoms with E-state index in [4.69, 9.17) is 16.7 Å². The van der Waals surface area contributed by atoms with Crippen LogP contribution in [0.2, 0.25) is 5.02 Å². The number of halogens is 3. The van der Waals surface area contributed by atoms with E-state index in [9.17, 15) is 13.6 Å². The average molecular weight is 301 g/mol. The predicted octanol–water partition coefficient (Wildman–Crippen LogP) is 4.47. The van der Waals surface area contributed by atoms with Crippen LogP contribution < -0.4 is 0 Å². The summed E-state index contributed by atoms with van der Waals surface area (Å²) in [4.78, 5) is 11.4. The smallest absolute Gasteiger partial charge is 0.337 e. The molecule has 0 saturated heterocycles. The number of rotatable bonds is 3. The third-order valence-corrected chi connectivity index (χ3v) is 3.63. The maximum Gasteiger partial charge on any atom is 0.337 e. The molecule has 0 saturated carbocycles. The summed E-state index contributed by atoms with van der Waals surface area (Å²) in [6.07, 6.45) is 0.